The van der Waals surface area contributed by atoms with Gasteiger partial charge < -0.3 is 38.3 Å². The van der Waals surface area contributed by atoms with E-state index in [1.165, 1.54) is 0 Å². The van der Waals surface area contributed by atoms with E-state index in [4.69, 9.17) is 41.3 Å². The number of ether oxygens (including phenoxy) is 7. The minimum atomic E-state index is -5.30. The van der Waals surface area contributed by atoms with E-state index in [9.17, 15) is 57.9 Å². The van der Waals surface area contributed by atoms with Gasteiger partial charge in [-0.15, -0.1) is 26.3 Å². The van der Waals surface area contributed by atoms with Crippen molar-refractivity contribution >= 4 is 35.1 Å². The van der Waals surface area contributed by atoms with Gasteiger partial charge in [-0.05, 0) is 42.5 Å². The summed E-state index contributed by atoms with van der Waals surface area (Å²) >= 11 is 11.0. The normalized spacial score (nSPS) is 12.9. The summed E-state index contributed by atoms with van der Waals surface area (Å²) < 4.78 is 211. The van der Waals surface area contributed by atoms with Gasteiger partial charge in [0, 0.05) is 16.1 Å². The summed E-state index contributed by atoms with van der Waals surface area (Å²) in [7, 11) is -4.49. The van der Waals surface area contributed by atoms with Crippen LogP contribution in [-0.2, 0) is 9.47 Å². The van der Waals surface area contributed by atoms with Gasteiger partial charge in [0.1, 0.15) is 34.3 Å². The summed E-state index contributed by atoms with van der Waals surface area (Å²) in [6.45, 7) is 0. The maximum absolute atomic E-state index is 14.5. The third-order valence-corrected chi connectivity index (χ3v) is 6.18. The molecule has 0 amide bonds. The summed E-state index contributed by atoms with van der Waals surface area (Å²) in [4.78, 5) is 22.6. The van der Waals surface area contributed by atoms with Gasteiger partial charge in [-0.2, -0.15) is 8.78 Å². The molecule has 0 aromatic heterocycles. The summed E-state index contributed by atoms with van der Waals surface area (Å²) in [6, 6.07) is 5.56. The van der Waals surface area contributed by atoms with Crippen molar-refractivity contribution in [2.75, 3.05) is 28.3 Å². The Hall–Kier alpha value is -5.57. The smallest absolute Gasteiger partial charge is 0.504 e. The average molecular weight is 851 g/mol. The lowest BCUT2D eigenvalue weighted by Gasteiger charge is -2.16. The summed E-state index contributed by atoms with van der Waals surface area (Å²) in [6.07, 6.45) is -10.5. The Labute approximate surface area is 319 Å². The van der Waals surface area contributed by atoms with Crippen molar-refractivity contribution in [3.05, 3.63) is 98.8 Å². The predicted octanol–water partition coefficient (Wildman–Crippen LogP) is 9.95. The number of hydrogen-bond acceptors (Lipinski definition) is 10. The first-order chi connectivity index (χ1) is 27.8. The first-order valence-corrected chi connectivity index (χ1v) is 14.2. The van der Waals surface area contributed by atoms with E-state index in [1.807, 2.05) is 0 Å². The van der Waals surface area contributed by atoms with E-state index in [-0.39, 0.29) is 10.0 Å². The van der Waals surface area contributed by atoms with Crippen molar-refractivity contribution in [1.29, 1.82) is 0 Å². The maximum atomic E-state index is 14.5. The third-order valence-electron chi connectivity index (χ3n) is 5.75. The Balaban J connectivity index is 0.000000349. The second-order valence-corrected chi connectivity index (χ2v) is 10.2. The number of carbonyl (C=O) groups is 2. The number of phenols is 1. The maximum Gasteiger partial charge on any atom is 0.573 e. The van der Waals surface area contributed by atoms with Crippen molar-refractivity contribution in [1.82, 2.24) is 0 Å². The Morgan fingerprint density at radius 1 is 0.618 bits per heavy atom. The van der Waals surface area contributed by atoms with Gasteiger partial charge in [0.05, 0.1) is 36.5 Å². The topological polar surface area (TPSA) is 119 Å². The highest BCUT2D eigenvalue weighted by Gasteiger charge is 2.35. The van der Waals surface area contributed by atoms with Crippen LogP contribution in [0.2, 0.25) is 10.0 Å². The average Bonchev–Trinajstić information content (AvgIpc) is 3.08. The van der Waals surface area contributed by atoms with Gasteiger partial charge >= 0.3 is 24.7 Å². The first-order valence-electron chi connectivity index (χ1n) is 16.5. The molecule has 4 aromatic carbocycles. The number of carbonyl (C=O) groups excluding carboxylic acids is 2. The Morgan fingerprint density at radius 3 is 1.49 bits per heavy atom. The van der Waals surface area contributed by atoms with Crippen LogP contribution in [0, 0.1) is 29.1 Å². The molecule has 0 aliphatic rings. The van der Waals surface area contributed by atoms with E-state index in [2.05, 4.69) is 28.4 Å². The number of methoxy groups -OCH3 is 4. The van der Waals surface area contributed by atoms with Gasteiger partial charge in [0.15, 0.2) is 28.7 Å². The zero-order valence-electron chi connectivity index (χ0n) is 32.7. The molecule has 4 rings (SSSR count). The fourth-order valence-corrected chi connectivity index (χ4v) is 4.00. The number of alkyl halides is 6. The molecule has 0 aliphatic heterocycles. The number of esters is 2. The lowest BCUT2D eigenvalue weighted by Crippen LogP contribution is -2.18. The van der Waals surface area contributed by atoms with Crippen LogP contribution in [0.1, 0.15) is 28.9 Å². The molecular weight excluding hydrogens is 824 g/mol. The molecule has 0 spiro atoms. The summed E-state index contributed by atoms with van der Waals surface area (Å²) in [5.41, 5.74) is -1.52. The number of aromatic hydroxyl groups is 1. The standard InChI is InChI=1S/C16H10ClF5O5.C8H5ClF2O2.C8H6F4O3/c1-24-14-10(4-3-9(13(14)19)27-16(20,21)22)26-11-6-7(17)5-8(18)12(11)15(23)25-2;1-13-8(12)7-5(10)2-4(9)3-6(7)11;1-14-7-4(13)2-3-5(6(7)9)15-8(10,11)12/h3-6H,1-2H3;2-3H,1H3;2-3,13H,1H3/i1D3;;1D3. The second kappa shape index (κ2) is 19.1. The van der Waals surface area contributed by atoms with Crippen molar-refractivity contribution < 1.29 is 104 Å². The van der Waals surface area contributed by atoms with Crippen molar-refractivity contribution in [3.8, 4) is 40.2 Å². The first kappa shape index (κ1) is 36.4. The van der Waals surface area contributed by atoms with E-state index in [0.29, 0.717) is 24.3 Å². The Morgan fingerprint density at radius 2 is 1.02 bits per heavy atom. The zero-order chi connectivity index (χ0) is 47.0. The van der Waals surface area contributed by atoms with Gasteiger partial charge in [-0.3, -0.25) is 0 Å². The van der Waals surface area contributed by atoms with Crippen LogP contribution in [0.5, 0.6) is 40.2 Å². The number of phenolic OH excluding ortho intramolecular Hbond substituents is 1. The molecule has 0 radical (unpaired) electrons. The van der Waals surface area contributed by atoms with Gasteiger partial charge in [-0.25, -0.2) is 22.8 Å². The van der Waals surface area contributed by atoms with Gasteiger partial charge in [-0.1, -0.05) is 23.2 Å². The fraction of sp³-hybridized carbons (Fsp3) is 0.188. The molecule has 0 saturated heterocycles. The fourth-order valence-electron chi connectivity index (χ4n) is 3.62. The molecule has 23 heteroatoms. The molecule has 0 fully saturated rings. The molecule has 0 unspecified atom stereocenters. The summed E-state index contributed by atoms with van der Waals surface area (Å²) in [5, 5.41) is 8.74. The predicted molar refractivity (Wildman–Crippen MR) is 166 cm³/mol. The minimum absolute atomic E-state index is 0.109. The molecule has 0 saturated carbocycles. The molecule has 4 aromatic rings. The van der Waals surface area contributed by atoms with Crippen LogP contribution < -0.4 is 23.7 Å². The van der Waals surface area contributed by atoms with Crippen LogP contribution in [0.15, 0.2) is 48.5 Å². The lowest BCUT2D eigenvalue weighted by molar-refractivity contribution is -0.276. The molecule has 0 heterocycles. The molecule has 300 valence electrons. The highest BCUT2D eigenvalue weighted by atomic mass is 35.5. The highest BCUT2D eigenvalue weighted by Crippen LogP contribution is 2.42. The lowest BCUT2D eigenvalue weighted by atomic mass is 10.2. The number of benzene rings is 4. The van der Waals surface area contributed by atoms with E-state index in [0.717, 1.165) is 38.5 Å². The molecule has 0 bridgehead atoms. The summed E-state index contributed by atoms with van der Waals surface area (Å²) in [5.74, 6) is -16.9. The molecule has 55 heavy (non-hydrogen) atoms. The van der Waals surface area contributed by atoms with E-state index in [1.54, 1.807) is 0 Å². The van der Waals surface area contributed by atoms with Crippen LogP contribution in [0.25, 0.3) is 0 Å². The number of hydrogen-bond donors (Lipinski definition) is 1. The Kier molecular flexibility index (Phi) is 12.7. The van der Waals surface area contributed by atoms with Crippen LogP contribution in [0.3, 0.4) is 0 Å². The quantitative estimate of drug-likeness (QED) is 0.136. The highest BCUT2D eigenvalue weighted by molar-refractivity contribution is 6.31. The zero-order valence-corrected chi connectivity index (χ0v) is 28.2. The van der Waals surface area contributed by atoms with E-state index < -0.39 is 119 Å². The number of rotatable bonds is 8. The third kappa shape index (κ3) is 12.8. The monoisotopic (exact) mass is 850 g/mol. The molecule has 0 atom stereocenters. The van der Waals surface area contributed by atoms with Crippen LogP contribution >= 0.6 is 23.2 Å². The van der Waals surface area contributed by atoms with E-state index >= 15 is 0 Å². The van der Waals surface area contributed by atoms with Crippen molar-refractivity contribution in [2.24, 2.45) is 0 Å². The SMILES string of the molecule is COC(=O)c1c(F)cc(Cl)cc1F.[2H]C([2H])([2H])Oc1c(O)ccc(OC(F)(F)F)c1F.[2H]C([2H])([2H])Oc1c(Oc2cc(Cl)cc(F)c2C(=O)OC)ccc(OC(F)(F)F)c1F. The van der Waals surface area contributed by atoms with Gasteiger partial charge in [0.25, 0.3) is 0 Å². The second-order valence-electron chi connectivity index (χ2n) is 9.32. The largest absolute Gasteiger partial charge is 0.573 e. The minimum Gasteiger partial charge on any atom is -0.504 e. The molecular formula is C32H21Cl2F11O10. The molecule has 1 N–H and O–H groups in total. The van der Waals surface area contributed by atoms with Crippen LogP contribution in [-0.4, -0.2) is 58.1 Å². The van der Waals surface area contributed by atoms with Gasteiger partial charge in [0.2, 0.25) is 17.4 Å². The Bertz CT molecular complexity index is 2200. The van der Waals surface area contributed by atoms with Crippen molar-refractivity contribution in [3.63, 3.8) is 0 Å². The van der Waals surface area contributed by atoms with Crippen LogP contribution in [0.4, 0.5) is 48.3 Å². The molecule has 0 aliphatic carbocycles. The molecule has 10 nitrogen and oxygen atoms in total. The van der Waals surface area contributed by atoms with Crippen molar-refractivity contribution in [2.45, 2.75) is 12.7 Å². The number of halogens is 13.